The molecule has 9 heteroatoms. The number of hydrogen-bond donors (Lipinski definition) is 3. The van der Waals surface area contributed by atoms with Gasteiger partial charge in [0.2, 0.25) is 0 Å². The van der Waals surface area contributed by atoms with E-state index >= 15 is 0 Å². The number of nitrogens with zero attached hydrogens (tertiary/aromatic N) is 1. The van der Waals surface area contributed by atoms with Crippen molar-refractivity contribution in [1.29, 1.82) is 0 Å². The van der Waals surface area contributed by atoms with Gasteiger partial charge in [-0.2, -0.15) is 0 Å². The molecule has 0 fully saturated rings. The summed E-state index contributed by atoms with van der Waals surface area (Å²) in [6.07, 6.45) is 1.52. The van der Waals surface area contributed by atoms with Gasteiger partial charge in [0.05, 0.1) is 5.56 Å². The maximum absolute atomic E-state index is 13.3. The number of aromatic nitrogens is 1. The Morgan fingerprint density at radius 1 is 1.00 bits per heavy atom. The largest absolute Gasteiger partial charge is 0.355 e. The maximum Gasteiger partial charge on any atom is 0.252 e. The Morgan fingerprint density at radius 3 is 2.41 bits per heavy atom. The number of amides is 1. The molecule has 0 aliphatic heterocycles. The Bertz CT molecular complexity index is 1040. The van der Waals surface area contributed by atoms with Crippen molar-refractivity contribution in [2.45, 2.75) is 9.92 Å². The van der Waals surface area contributed by atoms with Gasteiger partial charge < -0.3 is 16.0 Å². The number of anilines is 2. The molecule has 0 aliphatic rings. The average Bonchev–Trinajstić information content (AvgIpc) is 2.71. The van der Waals surface area contributed by atoms with E-state index in [1.807, 2.05) is 24.3 Å². The first kappa shape index (κ1) is 20.7. The van der Waals surface area contributed by atoms with E-state index in [1.54, 1.807) is 19.2 Å². The van der Waals surface area contributed by atoms with Gasteiger partial charge in [-0.3, -0.25) is 4.79 Å². The average molecular weight is 431 g/mol. The summed E-state index contributed by atoms with van der Waals surface area (Å²) in [6.45, 7) is 0. The number of carbonyl (C=O) groups is 1. The molecule has 3 aromatic rings. The minimum Gasteiger partial charge on any atom is -0.355 e. The highest BCUT2D eigenvalue weighted by Crippen LogP contribution is 2.28. The molecule has 0 unspecified atom stereocenters. The summed E-state index contributed by atoms with van der Waals surface area (Å²) in [5.74, 6) is -2.07. The summed E-state index contributed by atoms with van der Waals surface area (Å²) >= 11 is 6.65. The quantitative estimate of drug-likeness (QED) is 0.511. The van der Waals surface area contributed by atoms with Crippen LogP contribution in [-0.4, -0.2) is 23.1 Å². The summed E-state index contributed by atoms with van der Waals surface area (Å²) in [7, 11) is 1.56. The fourth-order valence-electron chi connectivity index (χ4n) is 2.34. The van der Waals surface area contributed by atoms with Crippen LogP contribution in [0.4, 0.5) is 20.2 Å². The molecule has 3 N–H and O–H groups in total. The summed E-state index contributed by atoms with van der Waals surface area (Å²) in [5, 5.41) is 9.33. The van der Waals surface area contributed by atoms with Crippen LogP contribution in [0.1, 0.15) is 10.4 Å². The zero-order valence-corrected chi connectivity index (χ0v) is 16.8. The van der Waals surface area contributed by atoms with Crippen molar-refractivity contribution in [1.82, 2.24) is 10.3 Å². The molecule has 0 bridgehead atoms. The van der Waals surface area contributed by atoms with Crippen LogP contribution in [0.25, 0.3) is 0 Å². The van der Waals surface area contributed by atoms with Crippen LogP contribution in [0, 0.1) is 11.6 Å². The van der Waals surface area contributed by atoms with Crippen molar-refractivity contribution >= 4 is 46.4 Å². The number of rotatable bonds is 5. The van der Waals surface area contributed by atoms with Gasteiger partial charge in [-0.05, 0) is 54.7 Å². The zero-order valence-electron chi connectivity index (χ0n) is 15.2. The molecule has 1 heterocycles. The van der Waals surface area contributed by atoms with Crippen LogP contribution in [0.15, 0.2) is 70.7 Å². The second-order valence-corrected chi connectivity index (χ2v) is 7.30. The lowest BCUT2D eigenvalue weighted by Crippen LogP contribution is -2.19. The summed E-state index contributed by atoms with van der Waals surface area (Å²) in [6, 6.07) is 14.4. The van der Waals surface area contributed by atoms with Crippen LogP contribution >= 0.6 is 24.0 Å². The van der Waals surface area contributed by atoms with E-state index in [4.69, 9.17) is 12.2 Å². The predicted molar refractivity (Wildman–Crippen MR) is 114 cm³/mol. The molecule has 3 rings (SSSR count). The van der Waals surface area contributed by atoms with Gasteiger partial charge in [0.15, 0.2) is 16.7 Å². The number of nitrogens with one attached hydrogen (secondary N) is 3. The van der Waals surface area contributed by atoms with E-state index in [0.29, 0.717) is 11.3 Å². The van der Waals surface area contributed by atoms with Gasteiger partial charge in [0, 0.05) is 35.6 Å². The lowest BCUT2D eigenvalue weighted by molar-refractivity contribution is 0.0962. The van der Waals surface area contributed by atoms with Crippen molar-refractivity contribution in [3.63, 3.8) is 0 Å². The minimum atomic E-state index is -0.953. The standard InChI is InChI=1S/C20H16F2N4OS2/c1-23-19(27)12-5-8-18(24-11-12)29-15-4-2-3-13(9-15)25-20(28)26-14-6-7-16(21)17(22)10-14/h2-11H,1H3,(H,23,27)(H2,25,26,28). The lowest BCUT2D eigenvalue weighted by Gasteiger charge is -2.11. The van der Waals surface area contributed by atoms with E-state index in [9.17, 15) is 13.6 Å². The smallest absolute Gasteiger partial charge is 0.252 e. The Labute approximate surface area is 175 Å². The molecule has 0 radical (unpaired) electrons. The molecular weight excluding hydrogens is 414 g/mol. The first-order valence-electron chi connectivity index (χ1n) is 8.44. The van der Waals surface area contributed by atoms with Crippen LogP contribution < -0.4 is 16.0 Å². The van der Waals surface area contributed by atoms with Gasteiger partial charge in [0.1, 0.15) is 5.03 Å². The summed E-state index contributed by atoms with van der Waals surface area (Å²) < 4.78 is 26.3. The van der Waals surface area contributed by atoms with E-state index < -0.39 is 11.6 Å². The summed E-state index contributed by atoms with van der Waals surface area (Å²) in [5.41, 5.74) is 1.55. The molecule has 148 valence electrons. The SMILES string of the molecule is CNC(=O)c1ccc(Sc2cccc(NC(=S)Nc3ccc(F)c(F)c3)c2)nc1. The Morgan fingerprint density at radius 2 is 1.76 bits per heavy atom. The van der Waals surface area contributed by atoms with Gasteiger partial charge in [-0.25, -0.2) is 13.8 Å². The molecule has 5 nitrogen and oxygen atoms in total. The van der Waals surface area contributed by atoms with Crippen LogP contribution in [-0.2, 0) is 0 Å². The molecule has 0 aliphatic carbocycles. The highest BCUT2D eigenvalue weighted by atomic mass is 32.2. The van der Waals surface area contributed by atoms with Crippen LogP contribution in [0.5, 0.6) is 0 Å². The molecule has 2 aromatic carbocycles. The van der Waals surface area contributed by atoms with Crippen molar-refractivity contribution < 1.29 is 13.6 Å². The van der Waals surface area contributed by atoms with Crippen LogP contribution in [0.3, 0.4) is 0 Å². The number of pyridine rings is 1. The first-order valence-corrected chi connectivity index (χ1v) is 9.66. The molecule has 0 saturated carbocycles. The molecule has 29 heavy (non-hydrogen) atoms. The summed E-state index contributed by atoms with van der Waals surface area (Å²) in [4.78, 5) is 16.8. The van der Waals surface area contributed by atoms with Crippen molar-refractivity contribution in [2.24, 2.45) is 0 Å². The van der Waals surface area contributed by atoms with E-state index in [2.05, 4.69) is 20.9 Å². The van der Waals surface area contributed by atoms with Crippen molar-refractivity contribution in [3.05, 3.63) is 78.0 Å². The number of carbonyl (C=O) groups excluding carboxylic acids is 1. The zero-order chi connectivity index (χ0) is 20.8. The number of hydrogen-bond acceptors (Lipinski definition) is 4. The van der Waals surface area contributed by atoms with Gasteiger partial charge in [0.25, 0.3) is 5.91 Å². The second-order valence-electron chi connectivity index (χ2n) is 5.80. The normalized spacial score (nSPS) is 10.3. The second kappa shape index (κ2) is 9.44. The highest BCUT2D eigenvalue weighted by molar-refractivity contribution is 7.99. The number of thiocarbonyl (C=S) groups is 1. The molecule has 1 amide bonds. The highest BCUT2D eigenvalue weighted by Gasteiger charge is 2.07. The predicted octanol–water partition coefficient (Wildman–Crippen LogP) is 4.68. The van der Waals surface area contributed by atoms with Crippen LogP contribution in [0.2, 0.25) is 0 Å². The van der Waals surface area contributed by atoms with E-state index in [0.717, 1.165) is 27.7 Å². The molecule has 0 atom stereocenters. The third kappa shape index (κ3) is 5.72. The third-order valence-electron chi connectivity index (χ3n) is 3.72. The molecule has 1 aromatic heterocycles. The molecule has 0 spiro atoms. The topological polar surface area (TPSA) is 66.1 Å². The molecular formula is C20H16F2N4OS2. The lowest BCUT2D eigenvalue weighted by atomic mass is 10.3. The first-order chi connectivity index (χ1) is 13.9. The van der Waals surface area contributed by atoms with E-state index in [-0.39, 0.29) is 11.0 Å². The van der Waals surface area contributed by atoms with Gasteiger partial charge >= 0.3 is 0 Å². The third-order valence-corrected chi connectivity index (χ3v) is 4.86. The number of benzene rings is 2. The minimum absolute atomic E-state index is 0.192. The van der Waals surface area contributed by atoms with E-state index in [1.165, 1.54) is 24.0 Å². The fourth-order valence-corrected chi connectivity index (χ4v) is 3.40. The van der Waals surface area contributed by atoms with Gasteiger partial charge in [-0.1, -0.05) is 17.8 Å². The monoisotopic (exact) mass is 430 g/mol. The van der Waals surface area contributed by atoms with Gasteiger partial charge in [-0.15, -0.1) is 0 Å². The molecule has 0 saturated heterocycles. The maximum atomic E-state index is 13.3. The Hall–Kier alpha value is -3.04. The van der Waals surface area contributed by atoms with Crippen molar-refractivity contribution in [3.8, 4) is 0 Å². The Balaban J connectivity index is 1.63. The van der Waals surface area contributed by atoms with Crippen molar-refractivity contribution in [2.75, 3.05) is 17.7 Å². The fraction of sp³-hybridized carbons (Fsp3) is 0.0500. The number of halogens is 2. The Kier molecular flexibility index (Phi) is 6.73.